The van der Waals surface area contributed by atoms with Crippen LogP contribution in [0, 0.1) is 0 Å². The number of hydrogen-bond donors (Lipinski definition) is 1. The second kappa shape index (κ2) is 5.29. The number of aliphatic hydroxyl groups is 1. The Bertz CT molecular complexity index is 619. The smallest absolute Gasteiger partial charge is 0.257 e. The summed E-state index contributed by atoms with van der Waals surface area (Å²) >= 11 is 0. The van der Waals surface area contributed by atoms with Crippen molar-refractivity contribution in [1.82, 2.24) is 4.90 Å². The van der Waals surface area contributed by atoms with E-state index in [9.17, 15) is 9.90 Å². The molecule has 1 fully saturated rings. The number of rotatable bonds is 2. The molecule has 1 heterocycles. The molecule has 0 aliphatic heterocycles. The van der Waals surface area contributed by atoms with Gasteiger partial charge < -0.3 is 14.4 Å². The van der Waals surface area contributed by atoms with E-state index in [1.54, 1.807) is 11.9 Å². The number of carbonyl (C=O) groups excluding carboxylic acids is 1. The molecule has 106 valence electrons. The van der Waals surface area contributed by atoms with Gasteiger partial charge in [0.1, 0.15) is 11.8 Å². The summed E-state index contributed by atoms with van der Waals surface area (Å²) in [6, 6.07) is 7.42. The molecule has 2 aromatic rings. The second-order valence-corrected chi connectivity index (χ2v) is 5.48. The van der Waals surface area contributed by atoms with Gasteiger partial charge >= 0.3 is 0 Å². The molecule has 1 aromatic carbocycles. The third-order valence-corrected chi connectivity index (χ3v) is 4.22. The van der Waals surface area contributed by atoms with Crippen LogP contribution in [0.1, 0.15) is 36.0 Å². The minimum Gasteiger partial charge on any atom is -0.463 e. The first kappa shape index (κ1) is 13.2. The molecule has 0 radical (unpaired) electrons. The van der Waals surface area contributed by atoms with E-state index < -0.39 is 6.10 Å². The van der Waals surface area contributed by atoms with Crippen LogP contribution in [0.5, 0.6) is 0 Å². The van der Waals surface area contributed by atoms with Crippen LogP contribution in [0.4, 0.5) is 0 Å². The summed E-state index contributed by atoms with van der Waals surface area (Å²) in [6.07, 6.45) is 4.82. The number of aliphatic hydroxyl groups excluding tert-OH is 1. The summed E-state index contributed by atoms with van der Waals surface area (Å²) in [5, 5.41) is 10.9. The van der Waals surface area contributed by atoms with Gasteiger partial charge in [-0.3, -0.25) is 4.79 Å². The van der Waals surface area contributed by atoms with Crippen LogP contribution in [-0.2, 0) is 0 Å². The number of nitrogens with zero attached hydrogens (tertiary/aromatic N) is 1. The number of hydrogen-bond acceptors (Lipinski definition) is 3. The zero-order chi connectivity index (χ0) is 14.1. The Morgan fingerprint density at radius 2 is 2.05 bits per heavy atom. The summed E-state index contributed by atoms with van der Waals surface area (Å²) in [7, 11) is 1.77. The minimum absolute atomic E-state index is 0.0825. The lowest BCUT2D eigenvalue weighted by Crippen LogP contribution is -2.46. The predicted octanol–water partition coefficient (Wildman–Crippen LogP) is 2.81. The van der Waals surface area contributed by atoms with Crippen LogP contribution in [0.2, 0.25) is 0 Å². The number of fused-ring (bicyclic) bond motifs is 1. The molecule has 1 N–H and O–H groups in total. The van der Waals surface area contributed by atoms with Crippen LogP contribution >= 0.6 is 0 Å². The highest BCUT2D eigenvalue weighted by atomic mass is 16.3. The standard InChI is InChI=1S/C16H19NO3/c1-17(13-7-3-4-8-14(13)18)16(19)12-10-20-15-9-5-2-6-11(12)15/h2,5-6,9-10,13-14,18H,3-4,7-8H2,1H3. The van der Waals surface area contributed by atoms with Crippen LogP contribution < -0.4 is 0 Å². The fourth-order valence-electron chi connectivity index (χ4n) is 3.03. The number of furan rings is 1. The van der Waals surface area contributed by atoms with Crippen molar-refractivity contribution in [3.8, 4) is 0 Å². The molecule has 1 aliphatic carbocycles. The van der Waals surface area contributed by atoms with Crippen molar-refractivity contribution < 1.29 is 14.3 Å². The predicted molar refractivity (Wildman–Crippen MR) is 76.6 cm³/mol. The maximum Gasteiger partial charge on any atom is 0.257 e. The summed E-state index contributed by atoms with van der Waals surface area (Å²) < 4.78 is 5.42. The first-order valence-electron chi connectivity index (χ1n) is 7.10. The molecule has 3 rings (SSSR count). The number of carbonyl (C=O) groups is 1. The number of para-hydroxylation sites is 1. The molecule has 1 aromatic heterocycles. The van der Waals surface area contributed by atoms with E-state index in [1.807, 2.05) is 24.3 Å². The maximum absolute atomic E-state index is 12.6. The van der Waals surface area contributed by atoms with E-state index in [1.165, 1.54) is 6.26 Å². The van der Waals surface area contributed by atoms with Crippen molar-refractivity contribution in [2.75, 3.05) is 7.05 Å². The fraction of sp³-hybridized carbons (Fsp3) is 0.438. The van der Waals surface area contributed by atoms with Crippen molar-refractivity contribution in [3.63, 3.8) is 0 Å². The van der Waals surface area contributed by atoms with E-state index >= 15 is 0 Å². The van der Waals surface area contributed by atoms with Gasteiger partial charge in [-0.25, -0.2) is 0 Å². The van der Waals surface area contributed by atoms with Crippen molar-refractivity contribution >= 4 is 16.9 Å². The monoisotopic (exact) mass is 273 g/mol. The molecular formula is C16H19NO3. The topological polar surface area (TPSA) is 53.7 Å². The SMILES string of the molecule is CN(C(=O)c1coc2ccccc12)C1CCCCC1O. The minimum atomic E-state index is -0.420. The molecule has 1 amide bonds. The van der Waals surface area contributed by atoms with Gasteiger partial charge in [0.15, 0.2) is 0 Å². The van der Waals surface area contributed by atoms with E-state index in [2.05, 4.69) is 0 Å². The largest absolute Gasteiger partial charge is 0.463 e. The summed E-state index contributed by atoms with van der Waals surface area (Å²) in [5.74, 6) is -0.0825. The van der Waals surface area contributed by atoms with Crippen molar-refractivity contribution in [2.45, 2.75) is 37.8 Å². The molecule has 2 atom stereocenters. The Hall–Kier alpha value is -1.81. The zero-order valence-corrected chi connectivity index (χ0v) is 11.6. The van der Waals surface area contributed by atoms with Crippen molar-refractivity contribution in [2.24, 2.45) is 0 Å². The third-order valence-electron chi connectivity index (χ3n) is 4.22. The molecule has 1 aliphatic rings. The van der Waals surface area contributed by atoms with E-state index in [4.69, 9.17) is 4.42 Å². The maximum atomic E-state index is 12.6. The second-order valence-electron chi connectivity index (χ2n) is 5.48. The average Bonchev–Trinajstić information content (AvgIpc) is 2.90. The van der Waals surface area contributed by atoms with E-state index in [-0.39, 0.29) is 11.9 Å². The zero-order valence-electron chi connectivity index (χ0n) is 11.6. The molecular weight excluding hydrogens is 254 g/mol. The number of amides is 1. The van der Waals surface area contributed by atoms with Crippen LogP contribution in [0.25, 0.3) is 11.0 Å². The number of benzene rings is 1. The summed E-state index contributed by atoms with van der Waals surface area (Å²) in [5.41, 5.74) is 1.29. The number of likely N-dealkylation sites (N-methyl/N-ethyl adjacent to an activating group) is 1. The molecule has 20 heavy (non-hydrogen) atoms. The molecule has 0 bridgehead atoms. The van der Waals surface area contributed by atoms with Crippen molar-refractivity contribution in [3.05, 3.63) is 36.1 Å². The summed E-state index contributed by atoms with van der Waals surface area (Å²) in [6.45, 7) is 0. The Morgan fingerprint density at radius 3 is 2.85 bits per heavy atom. The van der Waals surface area contributed by atoms with Crippen LogP contribution in [0.3, 0.4) is 0 Å². The Balaban J connectivity index is 1.88. The van der Waals surface area contributed by atoms with E-state index in [0.717, 1.165) is 31.1 Å². The van der Waals surface area contributed by atoms with Gasteiger partial charge in [0.05, 0.1) is 17.7 Å². The first-order valence-corrected chi connectivity index (χ1v) is 7.10. The van der Waals surface area contributed by atoms with E-state index in [0.29, 0.717) is 11.1 Å². The van der Waals surface area contributed by atoms with Gasteiger partial charge in [0, 0.05) is 12.4 Å². The molecule has 4 nitrogen and oxygen atoms in total. The van der Waals surface area contributed by atoms with Gasteiger partial charge in [-0.2, -0.15) is 0 Å². The molecule has 2 unspecified atom stereocenters. The normalized spacial score (nSPS) is 22.9. The lowest BCUT2D eigenvalue weighted by atomic mass is 9.91. The van der Waals surface area contributed by atoms with Crippen LogP contribution in [0.15, 0.2) is 34.9 Å². The molecule has 1 saturated carbocycles. The van der Waals surface area contributed by atoms with Gasteiger partial charge in [-0.15, -0.1) is 0 Å². The fourth-order valence-corrected chi connectivity index (χ4v) is 3.03. The highest BCUT2D eigenvalue weighted by Crippen LogP contribution is 2.26. The summed E-state index contributed by atoms with van der Waals surface area (Å²) in [4.78, 5) is 14.3. The molecule has 4 heteroatoms. The lowest BCUT2D eigenvalue weighted by molar-refractivity contribution is 0.0268. The van der Waals surface area contributed by atoms with Gasteiger partial charge in [-0.05, 0) is 18.9 Å². The van der Waals surface area contributed by atoms with Gasteiger partial charge in [0.25, 0.3) is 5.91 Å². The van der Waals surface area contributed by atoms with Gasteiger partial charge in [0.2, 0.25) is 0 Å². The van der Waals surface area contributed by atoms with Crippen LogP contribution in [-0.4, -0.2) is 35.1 Å². The highest BCUT2D eigenvalue weighted by Gasteiger charge is 2.30. The lowest BCUT2D eigenvalue weighted by Gasteiger charge is -2.35. The first-order chi connectivity index (χ1) is 9.68. The molecule has 0 saturated heterocycles. The van der Waals surface area contributed by atoms with Gasteiger partial charge in [-0.1, -0.05) is 31.0 Å². The Morgan fingerprint density at radius 1 is 1.30 bits per heavy atom. The Kier molecular flexibility index (Phi) is 3.49. The quantitative estimate of drug-likeness (QED) is 0.915. The molecule has 0 spiro atoms. The highest BCUT2D eigenvalue weighted by molar-refractivity contribution is 6.05. The Labute approximate surface area is 118 Å². The average molecular weight is 273 g/mol. The third kappa shape index (κ3) is 2.20. The van der Waals surface area contributed by atoms with Crippen molar-refractivity contribution in [1.29, 1.82) is 0 Å².